The maximum absolute atomic E-state index is 6.12. The van der Waals surface area contributed by atoms with Gasteiger partial charge < -0.3 is 25.4 Å². The molecule has 1 unspecified atom stereocenters. The molecule has 0 aromatic heterocycles. The predicted octanol–water partition coefficient (Wildman–Crippen LogP) is 0.838. The minimum Gasteiger partial charge on any atom is -0.486 e. The summed E-state index contributed by atoms with van der Waals surface area (Å²) >= 11 is 0. The third-order valence-electron chi connectivity index (χ3n) is 3.40. The van der Waals surface area contributed by atoms with E-state index in [0.717, 1.165) is 42.5 Å². The summed E-state index contributed by atoms with van der Waals surface area (Å²) in [6.07, 6.45) is 0. The molecule has 0 radical (unpaired) electrons. The molecule has 2 aliphatic rings. The number of piperazine rings is 1. The molecule has 1 aromatic carbocycles. The first kappa shape index (κ1) is 11.5. The van der Waals surface area contributed by atoms with Crippen LogP contribution in [0.5, 0.6) is 11.5 Å². The Labute approximate surface area is 107 Å². The number of rotatable bonds is 1. The van der Waals surface area contributed by atoms with Crippen molar-refractivity contribution in [3.8, 4) is 11.5 Å². The van der Waals surface area contributed by atoms with Crippen molar-refractivity contribution in [1.29, 1.82) is 0 Å². The highest BCUT2D eigenvalue weighted by Gasteiger charge is 2.25. The number of hydrogen-bond donors (Lipinski definition) is 2. The fourth-order valence-corrected chi connectivity index (χ4v) is 2.58. The van der Waals surface area contributed by atoms with Crippen molar-refractivity contribution in [2.45, 2.75) is 13.0 Å². The molecule has 1 aromatic rings. The largest absolute Gasteiger partial charge is 0.486 e. The van der Waals surface area contributed by atoms with Gasteiger partial charge in [0.1, 0.15) is 18.9 Å². The van der Waals surface area contributed by atoms with Crippen LogP contribution in [0.3, 0.4) is 0 Å². The molecule has 3 N–H and O–H groups in total. The summed E-state index contributed by atoms with van der Waals surface area (Å²) in [5.41, 5.74) is 7.87. The van der Waals surface area contributed by atoms with E-state index in [9.17, 15) is 0 Å². The summed E-state index contributed by atoms with van der Waals surface area (Å²) in [7, 11) is 0. The minimum absolute atomic E-state index is 0.457. The zero-order valence-electron chi connectivity index (χ0n) is 10.6. The normalized spacial score (nSPS) is 22.9. The van der Waals surface area contributed by atoms with Gasteiger partial charge in [-0.2, -0.15) is 0 Å². The molecule has 2 aliphatic heterocycles. The quantitative estimate of drug-likeness (QED) is 0.722. The van der Waals surface area contributed by atoms with E-state index in [1.807, 2.05) is 12.1 Å². The molecule has 2 heterocycles. The molecule has 0 bridgehead atoms. The van der Waals surface area contributed by atoms with Gasteiger partial charge in [0.2, 0.25) is 0 Å². The highest BCUT2D eigenvalue weighted by Crippen LogP contribution is 2.43. The summed E-state index contributed by atoms with van der Waals surface area (Å²) in [6.45, 7) is 6.21. The molecule has 98 valence electrons. The molecular weight excluding hydrogens is 230 g/mol. The van der Waals surface area contributed by atoms with Gasteiger partial charge in [0.25, 0.3) is 0 Å². The van der Waals surface area contributed by atoms with Gasteiger partial charge >= 0.3 is 0 Å². The average Bonchev–Trinajstić information content (AvgIpc) is 2.38. The lowest BCUT2D eigenvalue weighted by Gasteiger charge is -2.36. The Morgan fingerprint density at radius 3 is 3.00 bits per heavy atom. The Morgan fingerprint density at radius 2 is 2.17 bits per heavy atom. The lowest BCUT2D eigenvalue weighted by atomic mass is 10.1. The van der Waals surface area contributed by atoms with E-state index < -0.39 is 0 Å². The van der Waals surface area contributed by atoms with Gasteiger partial charge in [-0.1, -0.05) is 0 Å². The lowest BCUT2D eigenvalue weighted by molar-refractivity contribution is 0.172. The van der Waals surface area contributed by atoms with Gasteiger partial charge in [-0.05, 0) is 19.1 Å². The maximum atomic E-state index is 6.12. The van der Waals surface area contributed by atoms with E-state index in [1.165, 1.54) is 0 Å². The van der Waals surface area contributed by atoms with Crippen molar-refractivity contribution in [3.05, 3.63) is 12.1 Å². The molecule has 1 atom stereocenters. The van der Waals surface area contributed by atoms with Crippen molar-refractivity contribution in [2.75, 3.05) is 43.5 Å². The topological polar surface area (TPSA) is 59.8 Å². The first-order chi connectivity index (χ1) is 8.75. The van der Waals surface area contributed by atoms with Crippen LogP contribution in [0.4, 0.5) is 11.4 Å². The van der Waals surface area contributed by atoms with Gasteiger partial charge in [-0.3, -0.25) is 0 Å². The van der Waals surface area contributed by atoms with E-state index in [1.54, 1.807) is 0 Å². The van der Waals surface area contributed by atoms with Crippen LogP contribution in [-0.2, 0) is 0 Å². The van der Waals surface area contributed by atoms with Crippen LogP contribution in [-0.4, -0.2) is 38.9 Å². The molecular formula is C13H19N3O2. The summed E-state index contributed by atoms with van der Waals surface area (Å²) in [5.74, 6) is 1.60. The molecule has 3 rings (SSSR count). The van der Waals surface area contributed by atoms with Crippen LogP contribution >= 0.6 is 0 Å². The fraction of sp³-hybridized carbons (Fsp3) is 0.538. The van der Waals surface area contributed by atoms with Crippen LogP contribution in [0.25, 0.3) is 0 Å². The monoisotopic (exact) mass is 249 g/mol. The van der Waals surface area contributed by atoms with E-state index in [2.05, 4.69) is 17.1 Å². The van der Waals surface area contributed by atoms with Gasteiger partial charge in [0.05, 0.1) is 5.69 Å². The SMILES string of the molecule is CC1CN(c2c(N)ccc3c2OCCO3)CCN1. The average molecular weight is 249 g/mol. The Hall–Kier alpha value is -1.62. The number of nitrogen functional groups attached to an aromatic ring is 1. The molecule has 0 spiro atoms. The van der Waals surface area contributed by atoms with Crippen LogP contribution in [0.2, 0.25) is 0 Å². The van der Waals surface area contributed by atoms with Gasteiger partial charge in [0.15, 0.2) is 11.5 Å². The van der Waals surface area contributed by atoms with Gasteiger partial charge in [-0.25, -0.2) is 0 Å². The van der Waals surface area contributed by atoms with Crippen LogP contribution in [0.1, 0.15) is 6.92 Å². The molecule has 0 amide bonds. The van der Waals surface area contributed by atoms with Gasteiger partial charge in [0, 0.05) is 25.7 Å². The number of hydrogen-bond acceptors (Lipinski definition) is 5. The second-order valence-corrected chi connectivity index (χ2v) is 4.83. The molecule has 5 heteroatoms. The summed E-state index contributed by atoms with van der Waals surface area (Å²) in [5, 5.41) is 3.43. The van der Waals surface area contributed by atoms with Crippen molar-refractivity contribution in [3.63, 3.8) is 0 Å². The zero-order chi connectivity index (χ0) is 12.5. The number of benzene rings is 1. The van der Waals surface area contributed by atoms with E-state index in [0.29, 0.717) is 19.3 Å². The number of nitrogens with two attached hydrogens (primary N) is 1. The van der Waals surface area contributed by atoms with Crippen LogP contribution in [0, 0.1) is 0 Å². The number of fused-ring (bicyclic) bond motifs is 1. The highest BCUT2D eigenvalue weighted by atomic mass is 16.6. The minimum atomic E-state index is 0.457. The van der Waals surface area contributed by atoms with Crippen LogP contribution in [0.15, 0.2) is 12.1 Å². The predicted molar refractivity (Wildman–Crippen MR) is 71.5 cm³/mol. The maximum Gasteiger partial charge on any atom is 0.186 e. The second kappa shape index (κ2) is 4.57. The molecule has 18 heavy (non-hydrogen) atoms. The first-order valence-electron chi connectivity index (χ1n) is 6.42. The van der Waals surface area contributed by atoms with Gasteiger partial charge in [-0.15, -0.1) is 0 Å². The highest BCUT2D eigenvalue weighted by molar-refractivity contribution is 5.79. The van der Waals surface area contributed by atoms with E-state index >= 15 is 0 Å². The third kappa shape index (κ3) is 1.95. The first-order valence-corrected chi connectivity index (χ1v) is 6.42. The van der Waals surface area contributed by atoms with Crippen molar-refractivity contribution in [2.24, 2.45) is 0 Å². The third-order valence-corrected chi connectivity index (χ3v) is 3.40. The molecule has 0 saturated carbocycles. The summed E-state index contributed by atoms with van der Waals surface area (Å²) < 4.78 is 11.4. The van der Waals surface area contributed by atoms with Crippen molar-refractivity contribution in [1.82, 2.24) is 5.32 Å². The molecule has 1 fully saturated rings. The van der Waals surface area contributed by atoms with E-state index in [4.69, 9.17) is 15.2 Å². The van der Waals surface area contributed by atoms with Crippen LogP contribution < -0.4 is 25.4 Å². The summed E-state index contributed by atoms with van der Waals surface area (Å²) in [6, 6.07) is 4.24. The zero-order valence-corrected chi connectivity index (χ0v) is 10.6. The van der Waals surface area contributed by atoms with Crippen molar-refractivity contribution < 1.29 is 9.47 Å². The molecule has 1 saturated heterocycles. The molecule has 0 aliphatic carbocycles. The Kier molecular flexibility index (Phi) is 2.91. The number of anilines is 2. The standard InChI is InChI=1S/C13H19N3O2/c1-9-8-16(5-4-15-9)12-10(14)2-3-11-13(12)18-7-6-17-11/h2-3,9,15H,4-8,14H2,1H3. The van der Waals surface area contributed by atoms with E-state index in [-0.39, 0.29) is 0 Å². The Bertz CT molecular complexity index is 450. The van der Waals surface area contributed by atoms with Crippen molar-refractivity contribution >= 4 is 11.4 Å². The Morgan fingerprint density at radius 1 is 1.33 bits per heavy atom. The fourth-order valence-electron chi connectivity index (χ4n) is 2.58. The number of nitrogens with one attached hydrogen (secondary N) is 1. The molecule has 5 nitrogen and oxygen atoms in total. The second-order valence-electron chi connectivity index (χ2n) is 4.83. The number of nitrogens with zero attached hydrogens (tertiary/aromatic N) is 1. The number of ether oxygens (including phenoxy) is 2. The summed E-state index contributed by atoms with van der Waals surface area (Å²) in [4.78, 5) is 2.28. The Balaban J connectivity index is 1.99. The smallest absolute Gasteiger partial charge is 0.186 e. The lowest BCUT2D eigenvalue weighted by Crippen LogP contribution is -2.49.